The lowest BCUT2D eigenvalue weighted by atomic mass is 10.1. The number of hydrogen-bond donors (Lipinski definition) is 2. The van der Waals surface area contributed by atoms with Gasteiger partial charge in [0, 0.05) is 6.20 Å². The molecule has 0 saturated heterocycles. The highest BCUT2D eigenvalue weighted by Crippen LogP contribution is 2.08. The minimum atomic E-state index is -1.09. The minimum Gasteiger partial charge on any atom is -0.477 e. The molecule has 1 heterocycles. The van der Waals surface area contributed by atoms with Crippen molar-refractivity contribution in [3.05, 3.63) is 18.0 Å². The van der Waals surface area contributed by atoms with E-state index in [1.165, 1.54) is 12.3 Å². The fourth-order valence-corrected chi connectivity index (χ4v) is 1.09. The van der Waals surface area contributed by atoms with E-state index in [1.54, 1.807) is 0 Å². The first-order valence-corrected chi connectivity index (χ1v) is 4.83. The molecule has 5 heteroatoms. The number of rotatable bonds is 4. The first kappa shape index (κ1) is 12.0. The zero-order valence-electron chi connectivity index (χ0n) is 9.14. The largest absolute Gasteiger partial charge is 0.477 e. The van der Waals surface area contributed by atoms with Crippen molar-refractivity contribution >= 4 is 11.9 Å². The number of carboxylic acid groups (broad SMARTS) is 1. The molecule has 1 aromatic rings. The van der Waals surface area contributed by atoms with Gasteiger partial charge in [-0.1, -0.05) is 19.8 Å². The highest BCUT2D eigenvalue weighted by atomic mass is 16.4. The number of anilines is 1. The Morgan fingerprint density at radius 2 is 2.31 bits per heavy atom. The van der Waals surface area contributed by atoms with Gasteiger partial charge < -0.3 is 10.4 Å². The zero-order chi connectivity index (χ0) is 12.1. The maximum atomic E-state index is 10.7. The van der Waals surface area contributed by atoms with Gasteiger partial charge in [0.2, 0.25) is 5.95 Å². The monoisotopic (exact) mass is 219 g/mol. The van der Waals surface area contributed by atoms with Gasteiger partial charge in [-0.3, -0.25) is 0 Å². The molecule has 0 bridgehead atoms. The summed E-state index contributed by atoms with van der Waals surface area (Å²) in [7, 11) is 0. The van der Waals surface area contributed by atoms with E-state index in [9.17, 15) is 4.79 Å². The van der Waals surface area contributed by atoms with Crippen LogP contribution in [0.25, 0.3) is 0 Å². The van der Waals surface area contributed by atoms with Crippen LogP contribution < -0.4 is 5.32 Å². The molecule has 0 aliphatic heterocycles. The molecule has 0 fully saturated rings. The van der Waals surface area contributed by atoms with Gasteiger partial charge in [0.05, 0.1) is 6.04 Å². The summed E-state index contributed by atoms with van der Waals surface area (Å²) in [5, 5.41) is 11.7. The normalized spacial score (nSPS) is 11.9. The standard InChI is InChI=1S/C11H13N3O2/c1-4-8(7(2)3)13-11-12-6-5-9(14-11)10(15)16/h1,5-8H,2-3H3,(H,15,16)(H,12,13,14). The number of hydrogen-bond acceptors (Lipinski definition) is 4. The van der Waals surface area contributed by atoms with Gasteiger partial charge in [-0.25, -0.2) is 14.8 Å². The Balaban J connectivity index is 2.86. The SMILES string of the molecule is C#CC(Nc1nccc(C(=O)O)n1)C(C)C. The number of carbonyl (C=O) groups is 1. The summed E-state index contributed by atoms with van der Waals surface area (Å²) in [6.45, 7) is 3.91. The molecule has 0 aliphatic carbocycles. The maximum absolute atomic E-state index is 10.7. The van der Waals surface area contributed by atoms with Gasteiger partial charge in [-0.2, -0.15) is 0 Å². The number of aromatic carboxylic acids is 1. The van der Waals surface area contributed by atoms with E-state index in [2.05, 4.69) is 21.2 Å². The predicted molar refractivity (Wildman–Crippen MR) is 60.1 cm³/mol. The van der Waals surface area contributed by atoms with Crippen molar-refractivity contribution in [2.24, 2.45) is 5.92 Å². The molecule has 1 unspecified atom stereocenters. The molecule has 2 N–H and O–H groups in total. The maximum Gasteiger partial charge on any atom is 0.354 e. The third kappa shape index (κ3) is 2.95. The van der Waals surface area contributed by atoms with E-state index in [4.69, 9.17) is 11.5 Å². The van der Waals surface area contributed by atoms with Crippen molar-refractivity contribution in [3.63, 3.8) is 0 Å². The summed E-state index contributed by atoms with van der Waals surface area (Å²) < 4.78 is 0. The topological polar surface area (TPSA) is 75.1 Å². The first-order chi connectivity index (χ1) is 7.54. The fraction of sp³-hybridized carbons (Fsp3) is 0.364. The predicted octanol–water partition coefficient (Wildman–Crippen LogP) is 1.24. The summed E-state index contributed by atoms with van der Waals surface area (Å²) >= 11 is 0. The van der Waals surface area contributed by atoms with Crippen molar-refractivity contribution < 1.29 is 9.90 Å². The van der Waals surface area contributed by atoms with E-state index in [0.29, 0.717) is 0 Å². The van der Waals surface area contributed by atoms with Crippen LogP contribution in [-0.2, 0) is 0 Å². The minimum absolute atomic E-state index is 0.0583. The summed E-state index contributed by atoms with van der Waals surface area (Å²) in [5.74, 6) is 1.91. The van der Waals surface area contributed by atoms with Crippen molar-refractivity contribution in [1.82, 2.24) is 9.97 Å². The second kappa shape index (κ2) is 5.12. The smallest absolute Gasteiger partial charge is 0.354 e. The van der Waals surface area contributed by atoms with Crippen molar-refractivity contribution in [2.75, 3.05) is 5.32 Å². The molecule has 5 nitrogen and oxygen atoms in total. The summed E-state index contributed by atoms with van der Waals surface area (Å²) in [6.07, 6.45) is 6.72. The van der Waals surface area contributed by atoms with Crippen LogP contribution in [-0.4, -0.2) is 27.1 Å². The third-order valence-electron chi connectivity index (χ3n) is 2.01. The second-order valence-corrected chi connectivity index (χ2v) is 3.60. The Morgan fingerprint density at radius 1 is 1.62 bits per heavy atom. The Morgan fingerprint density at radius 3 is 2.81 bits per heavy atom. The quantitative estimate of drug-likeness (QED) is 0.745. The number of nitrogens with one attached hydrogen (secondary N) is 1. The van der Waals surface area contributed by atoms with E-state index in [0.717, 1.165) is 0 Å². The Labute approximate surface area is 93.9 Å². The molecule has 0 aromatic carbocycles. The molecule has 1 atom stereocenters. The van der Waals surface area contributed by atoms with Gasteiger partial charge >= 0.3 is 5.97 Å². The van der Waals surface area contributed by atoms with Crippen LogP contribution in [0.4, 0.5) is 5.95 Å². The molecular weight excluding hydrogens is 206 g/mol. The zero-order valence-corrected chi connectivity index (χ0v) is 9.14. The van der Waals surface area contributed by atoms with Crippen molar-refractivity contribution in [2.45, 2.75) is 19.9 Å². The fourth-order valence-electron chi connectivity index (χ4n) is 1.09. The molecule has 0 spiro atoms. The lowest BCUT2D eigenvalue weighted by Gasteiger charge is -2.16. The van der Waals surface area contributed by atoms with E-state index in [-0.39, 0.29) is 23.6 Å². The van der Waals surface area contributed by atoms with Crippen LogP contribution in [0, 0.1) is 18.3 Å². The van der Waals surface area contributed by atoms with Gasteiger partial charge in [-0.05, 0) is 12.0 Å². The molecule has 0 radical (unpaired) electrons. The molecular formula is C11H13N3O2. The highest BCUT2D eigenvalue weighted by Gasteiger charge is 2.12. The average molecular weight is 219 g/mol. The summed E-state index contributed by atoms with van der Waals surface area (Å²) in [5.41, 5.74) is -0.0583. The van der Waals surface area contributed by atoms with Crippen LogP contribution in [0.15, 0.2) is 12.3 Å². The lowest BCUT2D eigenvalue weighted by molar-refractivity contribution is 0.0690. The highest BCUT2D eigenvalue weighted by molar-refractivity contribution is 5.85. The number of terminal acetylenes is 1. The van der Waals surface area contributed by atoms with Gasteiger partial charge in [0.15, 0.2) is 5.69 Å². The van der Waals surface area contributed by atoms with Crippen LogP contribution in [0.5, 0.6) is 0 Å². The molecule has 16 heavy (non-hydrogen) atoms. The first-order valence-electron chi connectivity index (χ1n) is 4.83. The summed E-state index contributed by atoms with van der Waals surface area (Å²) in [4.78, 5) is 18.4. The number of nitrogens with zero attached hydrogens (tertiary/aromatic N) is 2. The Hall–Kier alpha value is -2.09. The van der Waals surface area contributed by atoms with Crippen LogP contribution in [0.3, 0.4) is 0 Å². The van der Waals surface area contributed by atoms with Crippen molar-refractivity contribution in [1.29, 1.82) is 0 Å². The van der Waals surface area contributed by atoms with Gasteiger partial charge in [0.25, 0.3) is 0 Å². The van der Waals surface area contributed by atoms with Crippen LogP contribution in [0.2, 0.25) is 0 Å². The Kier molecular flexibility index (Phi) is 3.84. The second-order valence-electron chi connectivity index (χ2n) is 3.60. The van der Waals surface area contributed by atoms with E-state index < -0.39 is 5.97 Å². The number of carboxylic acids is 1. The summed E-state index contributed by atoms with van der Waals surface area (Å²) in [6, 6.07) is 1.11. The molecule has 84 valence electrons. The molecule has 1 rings (SSSR count). The van der Waals surface area contributed by atoms with Crippen molar-refractivity contribution in [3.8, 4) is 12.3 Å². The Bertz CT molecular complexity index is 423. The van der Waals surface area contributed by atoms with Gasteiger partial charge in [-0.15, -0.1) is 6.42 Å². The molecule has 0 aliphatic rings. The molecule has 1 aromatic heterocycles. The van der Waals surface area contributed by atoms with E-state index in [1.807, 2.05) is 13.8 Å². The van der Waals surface area contributed by atoms with Gasteiger partial charge in [0.1, 0.15) is 0 Å². The van der Waals surface area contributed by atoms with Crippen LogP contribution >= 0.6 is 0 Å². The van der Waals surface area contributed by atoms with Crippen LogP contribution in [0.1, 0.15) is 24.3 Å². The molecule has 0 amide bonds. The molecule has 0 saturated carbocycles. The lowest BCUT2D eigenvalue weighted by Crippen LogP contribution is -2.25. The average Bonchev–Trinajstić information content (AvgIpc) is 2.25. The number of aromatic nitrogens is 2. The third-order valence-corrected chi connectivity index (χ3v) is 2.01. The van der Waals surface area contributed by atoms with E-state index >= 15 is 0 Å².